The highest BCUT2D eigenvalue weighted by molar-refractivity contribution is 7.88. The zero-order chi connectivity index (χ0) is 14.8. The Bertz CT molecular complexity index is 569. The Hall–Kier alpha value is -0.910. The van der Waals surface area contributed by atoms with Crippen molar-refractivity contribution in [3.8, 4) is 0 Å². The average Bonchev–Trinajstić information content (AvgIpc) is 2.32. The number of piperidine rings is 1. The summed E-state index contributed by atoms with van der Waals surface area (Å²) in [6.45, 7) is 6.97. The molecule has 1 heterocycles. The molecule has 0 radical (unpaired) electrons. The van der Waals surface area contributed by atoms with E-state index in [2.05, 4.69) is 41.7 Å². The van der Waals surface area contributed by atoms with Gasteiger partial charge in [-0.2, -0.15) is 0 Å². The second kappa shape index (κ2) is 6.24. The monoisotopic (exact) mass is 296 g/mol. The zero-order valence-electron chi connectivity index (χ0n) is 12.5. The summed E-state index contributed by atoms with van der Waals surface area (Å²) >= 11 is 0. The molecule has 2 rings (SSSR count). The number of rotatable bonds is 4. The molecule has 0 amide bonds. The van der Waals surface area contributed by atoms with E-state index in [4.69, 9.17) is 0 Å². The molecule has 0 spiro atoms. The predicted octanol–water partition coefficient (Wildman–Crippen LogP) is 1.82. The number of hydrogen-bond acceptors (Lipinski definition) is 3. The van der Waals surface area contributed by atoms with Gasteiger partial charge in [-0.3, -0.25) is 4.90 Å². The molecule has 5 heteroatoms. The van der Waals surface area contributed by atoms with Crippen molar-refractivity contribution in [1.82, 2.24) is 9.62 Å². The van der Waals surface area contributed by atoms with Gasteiger partial charge in [0.15, 0.2) is 0 Å². The van der Waals surface area contributed by atoms with Gasteiger partial charge in [-0.1, -0.05) is 18.2 Å². The van der Waals surface area contributed by atoms with E-state index in [9.17, 15) is 8.42 Å². The quantitative estimate of drug-likeness (QED) is 0.922. The lowest BCUT2D eigenvalue weighted by molar-refractivity contribution is 0.194. The normalized spacial score (nSPS) is 21.1. The van der Waals surface area contributed by atoms with Crippen LogP contribution in [-0.4, -0.2) is 38.7 Å². The number of aryl methyl sites for hydroxylation is 2. The first-order valence-corrected chi connectivity index (χ1v) is 8.98. The third-order valence-corrected chi connectivity index (χ3v) is 4.63. The lowest BCUT2D eigenvalue weighted by Crippen LogP contribution is -2.46. The van der Waals surface area contributed by atoms with Crippen LogP contribution in [0.2, 0.25) is 0 Å². The van der Waals surface area contributed by atoms with Crippen LogP contribution in [0, 0.1) is 13.8 Å². The van der Waals surface area contributed by atoms with Crippen molar-refractivity contribution < 1.29 is 8.42 Å². The fourth-order valence-corrected chi connectivity index (χ4v) is 3.56. The first-order valence-electron chi connectivity index (χ1n) is 7.09. The summed E-state index contributed by atoms with van der Waals surface area (Å²) in [5.41, 5.74) is 3.92. The predicted molar refractivity (Wildman–Crippen MR) is 82.2 cm³/mol. The van der Waals surface area contributed by atoms with E-state index in [-0.39, 0.29) is 6.04 Å². The van der Waals surface area contributed by atoms with Crippen LogP contribution < -0.4 is 4.72 Å². The number of likely N-dealkylation sites (tertiary alicyclic amines) is 1. The molecule has 1 fully saturated rings. The fraction of sp³-hybridized carbons (Fsp3) is 0.600. The zero-order valence-corrected chi connectivity index (χ0v) is 13.3. The van der Waals surface area contributed by atoms with Gasteiger partial charge >= 0.3 is 0 Å². The molecule has 0 unspecified atom stereocenters. The van der Waals surface area contributed by atoms with Crippen molar-refractivity contribution in [3.05, 3.63) is 34.9 Å². The van der Waals surface area contributed by atoms with E-state index >= 15 is 0 Å². The van der Waals surface area contributed by atoms with E-state index in [0.717, 1.165) is 32.5 Å². The van der Waals surface area contributed by atoms with Crippen LogP contribution in [0.3, 0.4) is 0 Å². The summed E-state index contributed by atoms with van der Waals surface area (Å²) in [5.74, 6) is 0. The van der Waals surface area contributed by atoms with Gasteiger partial charge in [0.1, 0.15) is 0 Å². The minimum atomic E-state index is -3.11. The van der Waals surface area contributed by atoms with E-state index in [1.807, 2.05) is 0 Å². The maximum atomic E-state index is 11.3. The number of sulfonamides is 1. The first kappa shape index (κ1) is 15.5. The third kappa shape index (κ3) is 4.58. The molecular formula is C15H24N2O2S. The van der Waals surface area contributed by atoms with Crippen LogP contribution in [0.15, 0.2) is 18.2 Å². The SMILES string of the molecule is Cc1ccc(CN2CCC[C@@H](NS(C)(=O)=O)C2)cc1C. The van der Waals surface area contributed by atoms with Gasteiger partial charge in [-0.05, 0) is 49.9 Å². The van der Waals surface area contributed by atoms with Gasteiger partial charge < -0.3 is 0 Å². The molecule has 1 N–H and O–H groups in total. The number of nitrogens with one attached hydrogen (secondary N) is 1. The average molecular weight is 296 g/mol. The van der Waals surface area contributed by atoms with Gasteiger partial charge in [-0.15, -0.1) is 0 Å². The molecule has 112 valence electrons. The Morgan fingerprint density at radius 2 is 2.05 bits per heavy atom. The van der Waals surface area contributed by atoms with Gasteiger partial charge in [0.25, 0.3) is 0 Å². The summed E-state index contributed by atoms with van der Waals surface area (Å²) in [7, 11) is -3.11. The number of benzene rings is 1. The molecule has 0 bridgehead atoms. The van der Waals surface area contributed by atoms with Crippen molar-refractivity contribution in [2.75, 3.05) is 19.3 Å². The minimum absolute atomic E-state index is 0.0466. The van der Waals surface area contributed by atoms with E-state index in [0.29, 0.717) is 0 Å². The van der Waals surface area contributed by atoms with Crippen LogP contribution in [-0.2, 0) is 16.6 Å². The molecule has 1 atom stereocenters. The van der Waals surface area contributed by atoms with E-state index in [1.54, 1.807) is 0 Å². The maximum Gasteiger partial charge on any atom is 0.208 e. The molecule has 4 nitrogen and oxygen atoms in total. The Labute approximate surface area is 122 Å². The van der Waals surface area contributed by atoms with Crippen LogP contribution >= 0.6 is 0 Å². The Morgan fingerprint density at radius 3 is 2.70 bits per heavy atom. The summed E-state index contributed by atoms with van der Waals surface area (Å²) in [4.78, 5) is 2.33. The topological polar surface area (TPSA) is 49.4 Å². The lowest BCUT2D eigenvalue weighted by atomic mass is 10.0. The minimum Gasteiger partial charge on any atom is -0.298 e. The van der Waals surface area contributed by atoms with Crippen molar-refractivity contribution in [2.24, 2.45) is 0 Å². The summed E-state index contributed by atoms with van der Waals surface area (Å²) in [6, 6.07) is 6.59. The fourth-order valence-electron chi connectivity index (χ4n) is 2.76. The summed E-state index contributed by atoms with van der Waals surface area (Å²) in [5, 5.41) is 0. The highest BCUT2D eigenvalue weighted by atomic mass is 32.2. The number of hydrogen-bond donors (Lipinski definition) is 1. The van der Waals surface area contributed by atoms with Gasteiger partial charge in [0.05, 0.1) is 6.26 Å². The molecular weight excluding hydrogens is 272 g/mol. The Balaban J connectivity index is 1.97. The van der Waals surface area contributed by atoms with Gasteiger partial charge in [0.2, 0.25) is 10.0 Å². The van der Waals surface area contributed by atoms with Gasteiger partial charge in [0, 0.05) is 19.1 Å². The van der Waals surface area contributed by atoms with Crippen molar-refractivity contribution in [2.45, 2.75) is 39.3 Å². The molecule has 20 heavy (non-hydrogen) atoms. The molecule has 0 saturated carbocycles. The molecule has 1 aliphatic heterocycles. The Kier molecular flexibility index (Phi) is 4.83. The summed E-state index contributed by atoms with van der Waals surface area (Å²) < 4.78 is 25.4. The standard InChI is InChI=1S/C15H24N2O2S/c1-12-6-7-14(9-13(12)2)10-17-8-4-5-15(11-17)16-20(3,18)19/h6-7,9,15-16H,4-5,8,10-11H2,1-3H3/t15-/m1/s1. The Morgan fingerprint density at radius 1 is 1.30 bits per heavy atom. The lowest BCUT2D eigenvalue weighted by Gasteiger charge is -2.32. The van der Waals surface area contributed by atoms with Crippen LogP contribution in [0.25, 0.3) is 0 Å². The highest BCUT2D eigenvalue weighted by Crippen LogP contribution is 2.16. The number of nitrogens with zero attached hydrogens (tertiary/aromatic N) is 1. The van der Waals surface area contributed by atoms with Crippen LogP contribution in [0.1, 0.15) is 29.5 Å². The highest BCUT2D eigenvalue weighted by Gasteiger charge is 2.22. The third-order valence-electron chi connectivity index (χ3n) is 3.86. The first-order chi connectivity index (χ1) is 9.33. The van der Waals surface area contributed by atoms with Crippen molar-refractivity contribution in [1.29, 1.82) is 0 Å². The van der Waals surface area contributed by atoms with E-state index < -0.39 is 10.0 Å². The van der Waals surface area contributed by atoms with Crippen molar-refractivity contribution in [3.63, 3.8) is 0 Å². The van der Waals surface area contributed by atoms with Crippen LogP contribution in [0.5, 0.6) is 0 Å². The van der Waals surface area contributed by atoms with Crippen LogP contribution in [0.4, 0.5) is 0 Å². The molecule has 1 aromatic rings. The molecule has 0 aromatic heterocycles. The molecule has 1 saturated heterocycles. The van der Waals surface area contributed by atoms with Gasteiger partial charge in [-0.25, -0.2) is 13.1 Å². The second-order valence-electron chi connectivity index (χ2n) is 5.88. The largest absolute Gasteiger partial charge is 0.298 e. The smallest absolute Gasteiger partial charge is 0.208 e. The molecule has 0 aliphatic carbocycles. The van der Waals surface area contributed by atoms with Crippen molar-refractivity contribution >= 4 is 10.0 Å². The van der Waals surface area contributed by atoms with E-state index in [1.165, 1.54) is 22.9 Å². The molecule has 1 aliphatic rings. The molecule has 1 aromatic carbocycles. The second-order valence-corrected chi connectivity index (χ2v) is 7.66. The summed E-state index contributed by atoms with van der Waals surface area (Å²) in [6.07, 6.45) is 3.20. The maximum absolute atomic E-state index is 11.3.